The average molecular weight is 430 g/mol. The van der Waals surface area contributed by atoms with Gasteiger partial charge in [-0.2, -0.15) is 0 Å². The average Bonchev–Trinajstić information content (AvgIpc) is 2.79. The zero-order chi connectivity index (χ0) is 22.1. The molecule has 1 amide bonds. The van der Waals surface area contributed by atoms with E-state index in [0.29, 0.717) is 13.2 Å². The lowest BCUT2D eigenvalue weighted by atomic mass is 10.0. The van der Waals surface area contributed by atoms with Crippen molar-refractivity contribution in [1.82, 2.24) is 10.2 Å². The van der Waals surface area contributed by atoms with Crippen LogP contribution in [0.1, 0.15) is 25.5 Å². The van der Waals surface area contributed by atoms with Gasteiger partial charge in [0.2, 0.25) is 5.91 Å². The molecule has 1 aliphatic rings. The Bertz CT molecular complexity index is 826. The lowest BCUT2D eigenvalue weighted by Gasteiger charge is -2.37. The fourth-order valence-corrected chi connectivity index (χ4v) is 3.73. The quantitative estimate of drug-likeness (QED) is 0.588. The number of hydrogen-bond donors (Lipinski definition) is 1. The maximum absolute atomic E-state index is 14.0. The van der Waals surface area contributed by atoms with Gasteiger partial charge in [0.15, 0.2) is 0 Å². The molecule has 1 heterocycles. The first-order valence-electron chi connectivity index (χ1n) is 10.9. The molecule has 1 fully saturated rings. The first kappa shape index (κ1) is 23.0. The van der Waals surface area contributed by atoms with Crippen LogP contribution in [-0.2, 0) is 9.53 Å². The Kier molecular flexibility index (Phi) is 8.67. The van der Waals surface area contributed by atoms with Gasteiger partial charge in [0.1, 0.15) is 24.8 Å². The standard InChI is InChI=1S/C24H32FN3O3/c1-3-27-11-13-28(14-12-27)23-10-9-20(25)17-22(23)19(2)26-24(29)18-30-15-16-31-21-7-5-4-6-8-21/h4-10,17,19H,3,11-16,18H2,1-2H3,(H,26,29). The summed E-state index contributed by atoms with van der Waals surface area (Å²) in [7, 11) is 0. The number of amides is 1. The Hall–Kier alpha value is -2.64. The molecule has 0 radical (unpaired) electrons. The van der Waals surface area contributed by atoms with Gasteiger partial charge in [0, 0.05) is 37.4 Å². The zero-order valence-electron chi connectivity index (χ0n) is 18.4. The Labute approximate surface area is 183 Å². The molecule has 31 heavy (non-hydrogen) atoms. The monoisotopic (exact) mass is 429 g/mol. The van der Waals surface area contributed by atoms with E-state index in [4.69, 9.17) is 9.47 Å². The molecular formula is C24H32FN3O3. The number of anilines is 1. The molecule has 0 aromatic heterocycles. The van der Waals surface area contributed by atoms with E-state index in [0.717, 1.165) is 49.7 Å². The highest BCUT2D eigenvalue weighted by molar-refractivity contribution is 5.78. The fourth-order valence-electron chi connectivity index (χ4n) is 3.73. The van der Waals surface area contributed by atoms with Crippen LogP contribution in [0.4, 0.5) is 10.1 Å². The smallest absolute Gasteiger partial charge is 0.246 e. The normalized spacial score (nSPS) is 15.5. The molecule has 1 aliphatic heterocycles. The molecule has 0 saturated carbocycles. The predicted molar refractivity (Wildman–Crippen MR) is 120 cm³/mol. The number of nitrogens with zero attached hydrogens (tertiary/aromatic N) is 2. The van der Waals surface area contributed by atoms with Crippen LogP contribution < -0.4 is 15.0 Å². The van der Waals surface area contributed by atoms with Crippen LogP contribution in [0.25, 0.3) is 0 Å². The van der Waals surface area contributed by atoms with E-state index in [-0.39, 0.29) is 24.4 Å². The number of carbonyl (C=O) groups is 1. The number of piperazine rings is 1. The highest BCUT2D eigenvalue weighted by Gasteiger charge is 2.21. The maximum Gasteiger partial charge on any atom is 0.246 e. The van der Waals surface area contributed by atoms with E-state index in [9.17, 15) is 9.18 Å². The van der Waals surface area contributed by atoms with Crippen molar-refractivity contribution in [1.29, 1.82) is 0 Å². The van der Waals surface area contributed by atoms with Crippen molar-refractivity contribution in [3.63, 3.8) is 0 Å². The maximum atomic E-state index is 14.0. The molecule has 168 valence electrons. The third-order valence-corrected chi connectivity index (χ3v) is 5.47. The molecule has 1 atom stereocenters. The van der Waals surface area contributed by atoms with E-state index < -0.39 is 0 Å². The van der Waals surface area contributed by atoms with Gasteiger partial charge in [-0.25, -0.2) is 4.39 Å². The highest BCUT2D eigenvalue weighted by Crippen LogP contribution is 2.28. The van der Waals surface area contributed by atoms with Gasteiger partial charge in [0.25, 0.3) is 0 Å². The van der Waals surface area contributed by atoms with Crippen LogP contribution in [-0.4, -0.2) is 63.4 Å². The Balaban J connectivity index is 1.48. The van der Waals surface area contributed by atoms with Crippen molar-refractivity contribution in [2.75, 3.05) is 57.4 Å². The van der Waals surface area contributed by atoms with Gasteiger partial charge in [-0.05, 0) is 43.8 Å². The van der Waals surface area contributed by atoms with Crippen molar-refractivity contribution in [2.24, 2.45) is 0 Å². The SMILES string of the molecule is CCN1CCN(c2ccc(F)cc2C(C)NC(=O)COCCOc2ccccc2)CC1. The number of rotatable bonds is 10. The number of para-hydroxylation sites is 1. The van der Waals surface area contributed by atoms with Crippen LogP contribution in [0.3, 0.4) is 0 Å². The molecule has 0 bridgehead atoms. The van der Waals surface area contributed by atoms with E-state index in [1.165, 1.54) is 12.1 Å². The minimum atomic E-state index is -0.327. The van der Waals surface area contributed by atoms with Crippen LogP contribution in [0.15, 0.2) is 48.5 Å². The summed E-state index contributed by atoms with van der Waals surface area (Å²) in [5, 5.41) is 2.92. The van der Waals surface area contributed by atoms with Crippen molar-refractivity contribution < 1.29 is 18.7 Å². The number of nitrogens with one attached hydrogen (secondary N) is 1. The number of hydrogen-bond acceptors (Lipinski definition) is 5. The van der Waals surface area contributed by atoms with Gasteiger partial charge in [-0.1, -0.05) is 25.1 Å². The number of carbonyl (C=O) groups excluding carboxylic acids is 1. The summed E-state index contributed by atoms with van der Waals surface area (Å²) >= 11 is 0. The Morgan fingerprint density at radius 3 is 2.55 bits per heavy atom. The van der Waals surface area contributed by atoms with Gasteiger partial charge >= 0.3 is 0 Å². The largest absolute Gasteiger partial charge is 0.491 e. The van der Waals surface area contributed by atoms with Crippen molar-refractivity contribution in [2.45, 2.75) is 19.9 Å². The summed E-state index contributed by atoms with van der Waals surface area (Å²) in [6, 6.07) is 13.9. The minimum Gasteiger partial charge on any atom is -0.491 e. The third-order valence-electron chi connectivity index (χ3n) is 5.47. The topological polar surface area (TPSA) is 54.0 Å². The van der Waals surface area contributed by atoms with E-state index in [1.807, 2.05) is 43.3 Å². The van der Waals surface area contributed by atoms with Gasteiger partial charge in [-0.3, -0.25) is 4.79 Å². The van der Waals surface area contributed by atoms with Crippen LogP contribution >= 0.6 is 0 Å². The summed E-state index contributed by atoms with van der Waals surface area (Å²) < 4.78 is 24.9. The molecule has 2 aromatic carbocycles. The molecule has 3 rings (SSSR count). The first-order valence-corrected chi connectivity index (χ1v) is 10.9. The summed E-state index contributed by atoms with van der Waals surface area (Å²) in [4.78, 5) is 17.0. The zero-order valence-corrected chi connectivity index (χ0v) is 18.4. The second-order valence-corrected chi connectivity index (χ2v) is 7.63. The molecule has 7 heteroatoms. The van der Waals surface area contributed by atoms with E-state index in [2.05, 4.69) is 22.0 Å². The van der Waals surface area contributed by atoms with Gasteiger partial charge < -0.3 is 24.6 Å². The summed E-state index contributed by atoms with van der Waals surface area (Å²) in [6.07, 6.45) is 0. The van der Waals surface area contributed by atoms with Crippen LogP contribution in [0.5, 0.6) is 5.75 Å². The lowest BCUT2D eigenvalue weighted by Crippen LogP contribution is -2.46. The predicted octanol–water partition coefficient (Wildman–Crippen LogP) is 3.24. The van der Waals surface area contributed by atoms with Gasteiger partial charge in [-0.15, -0.1) is 0 Å². The van der Waals surface area contributed by atoms with Crippen LogP contribution in [0, 0.1) is 5.82 Å². The number of halogens is 1. The minimum absolute atomic E-state index is 0.0671. The Morgan fingerprint density at radius 1 is 1.10 bits per heavy atom. The second-order valence-electron chi connectivity index (χ2n) is 7.63. The molecule has 1 N–H and O–H groups in total. The van der Waals surface area contributed by atoms with Crippen molar-refractivity contribution >= 4 is 11.6 Å². The van der Waals surface area contributed by atoms with Crippen molar-refractivity contribution in [3.8, 4) is 5.75 Å². The molecule has 6 nitrogen and oxygen atoms in total. The van der Waals surface area contributed by atoms with Crippen LogP contribution in [0.2, 0.25) is 0 Å². The molecule has 1 unspecified atom stereocenters. The molecule has 2 aromatic rings. The van der Waals surface area contributed by atoms with Crippen molar-refractivity contribution in [3.05, 3.63) is 59.9 Å². The third kappa shape index (κ3) is 6.94. The lowest BCUT2D eigenvalue weighted by molar-refractivity contribution is -0.126. The fraction of sp³-hybridized carbons (Fsp3) is 0.458. The molecular weight excluding hydrogens is 397 g/mol. The van der Waals surface area contributed by atoms with E-state index in [1.54, 1.807) is 0 Å². The first-order chi connectivity index (χ1) is 15.1. The number of benzene rings is 2. The molecule has 0 spiro atoms. The summed E-state index contributed by atoms with van der Waals surface area (Å²) in [5.74, 6) is 0.224. The molecule has 1 saturated heterocycles. The highest BCUT2D eigenvalue weighted by atomic mass is 19.1. The number of likely N-dealkylation sites (N-methyl/N-ethyl adjacent to an activating group) is 1. The summed E-state index contributed by atoms with van der Waals surface area (Å²) in [6.45, 7) is 9.40. The summed E-state index contributed by atoms with van der Waals surface area (Å²) in [5.41, 5.74) is 1.76. The second kappa shape index (κ2) is 11.7. The van der Waals surface area contributed by atoms with E-state index >= 15 is 0 Å². The van der Waals surface area contributed by atoms with Gasteiger partial charge in [0.05, 0.1) is 12.6 Å². The number of ether oxygens (including phenoxy) is 2. The molecule has 0 aliphatic carbocycles. The Morgan fingerprint density at radius 2 is 1.84 bits per heavy atom.